The van der Waals surface area contributed by atoms with Gasteiger partial charge in [-0.1, -0.05) is 17.7 Å². The second-order valence-corrected chi connectivity index (χ2v) is 7.70. The number of benzene rings is 1. The number of aromatic amines is 2. The van der Waals surface area contributed by atoms with Crippen LogP contribution in [0, 0.1) is 0 Å². The average Bonchev–Trinajstić information content (AvgIpc) is 3.40. The van der Waals surface area contributed by atoms with Gasteiger partial charge in [0, 0.05) is 10.2 Å². The highest BCUT2D eigenvalue weighted by molar-refractivity contribution is 6.30. The molecule has 0 unspecified atom stereocenters. The van der Waals surface area contributed by atoms with Crippen LogP contribution in [-0.2, 0) is 0 Å². The van der Waals surface area contributed by atoms with E-state index in [1.807, 2.05) is 12.1 Å². The fourth-order valence-corrected chi connectivity index (χ4v) is 3.23. The first-order valence-electron chi connectivity index (χ1n) is 10.00. The number of halogens is 1. The minimum Gasteiger partial charge on any atom is -0.493 e. The lowest BCUT2D eigenvalue weighted by molar-refractivity contribution is 0.332. The highest BCUT2D eigenvalue weighted by Gasteiger charge is 2.21. The zero-order valence-corrected chi connectivity index (χ0v) is 17.5. The number of imidazole rings is 1. The van der Waals surface area contributed by atoms with Crippen LogP contribution < -0.4 is 26.6 Å². The maximum absolute atomic E-state index is 11.4. The molecule has 1 saturated carbocycles. The van der Waals surface area contributed by atoms with Crippen molar-refractivity contribution in [1.82, 2.24) is 29.5 Å². The lowest BCUT2D eigenvalue weighted by Gasteiger charge is -2.08. The van der Waals surface area contributed by atoms with Crippen LogP contribution in [0.5, 0.6) is 11.6 Å². The van der Waals surface area contributed by atoms with Gasteiger partial charge in [0.25, 0.3) is 5.62 Å². The summed E-state index contributed by atoms with van der Waals surface area (Å²) in [6.07, 6.45) is 5.18. The van der Waals surface area contributed by atoms with Crippen molar-refractivity contribution >= 4 is 29.3 Å². The van der Waals surface area contributed by atoms with E-state index in [2.05, 4.69) is 35.3 Å². The molecule has 0 atom stereocenters. The minimum absolute atomic E-state index is 0.230. The number of aromatic hydroxyl groups is 1. The molecule has 11 nitrogen and oxygen atoms in total. The number of rotatable bonds is 7. The standard InChI is InChI=1S/C20H19ClN8O3/c21-12-2-1-3-14(9-12)32-7-6-22-18-26-16-11(8-15-17(30)27-20(31)25-15)10-23-29(16)19(28-18)24-13-4-5-13/h1-3,8-10,13,30H,4-7H2,(H,22,24,28)(H2,25,27,31)/b11-8+. The summed E-state index contributed by atoms with van der Waals surface area (Å²) in [5.74, 6) is 0.782. The molecule has 12 heteroatoms. The number of hydrogen-bond donors (Lipinski definition) is 4. The Kier molecular flexibility index (Phi) is 5.23. The van der Waals surface area contributed by atoms with Crippen molar-refractivity contribution < 1.29 is 9.84 Å². The van der Waals surface area contributed by atoms with Gasteiger partial charge in [-0.2, -0.15) is 19.6 Å². The van der Waals surface area contributed by atoms with E-state index in [1.165, 1.54) is 0 Å². The van der Waals surface area contributed by atoms with E-state index >= 15 is 0 Å². The van der Waals surface area contributed by atoms with Crippen molar-refractivity contribution in [3.8, 4) is 11.6 Å². The minimum atomic E-state index is -0.508. The molecule has 3 heterocycles. The number of anilines is 1. The second kappa shape index (κ2) is 8.35. The molecule has 0 aliphatic heterocycles. The van der Waals surface area contributed by atoms with Crippen LogP contribution in [0.15, 0.2) is 40.2 Å². The summed E-state index contributed by atoms with van der Waals surface area (Å²) >= 11 is 5.97. The normalized spacial score (nSPS) is 14.9. The van der Waals surface area contributed by atoms with E-state index in [-0.39, 0.29) is 17.6 Å². The molecular weight excluding hydrogens is 436 g/mol. The molecule has 32 heavy (non-hydrogen) atoms. The van der Waals surface area contributed by atoms with Crippen LogP contribution in [0.25, 0.3) is 11.7 Å². The first-order chi connectivity index (χ1) is 15.5. The van der Waals surface area contributed by atoms with Gasteiger partial charge in [-0.3, -0.25) is 4.98 Å². The van der Waals surface area contributed by atoms with E-state index in [0.29, 0.717) is 46.4 Å². The van der Waals surface area contributed by atoms with Crippen molar-refractivity contribution in [2.45, 2.75) is 18.9 Å². The van der Waals surface area contributed by atoms with Gasteiger partial charge in [0.2, 0.25) is 11.8 Å². The number of nitrogens with zero attached hydrogens (tertiary/aromatic N) is 5. The third-order valence-corrected chi connectivity index (χ3v) is 4.94. The molecule has 1 aliphatic carbocycles. The molecule has 3 aromatic heterocycles. The predicted molar refractivity (Wildman–Crippen MR) is 117 cm³/mol. The number of fused-ring (bicyclic) bond motifs is 1. The molecule has 4 aromatic rings. The van der Waals surface area contributed by atoms with E-state index < -0.39 is 5.69 Å². The summed E-state index contributed by atoms with van der Waals surface area (Å²) < 4.78 is 7.23. The molecule has 1 fully saturated rings. The van der Waals surface area contributed by atoms with Gasteiger partial charge < -0.3 is 20.1 Å². The predicted octanol–water partition coefficient (Wildman–Crippen LogP) is 0.601. The van der Waals surface area contributed by atoms with E-state index in [0.717, 1.165) is 12.8 Å². The van der Waals surface area contributed by atoms with Gasteiger partial charge in [0.05, 0.1) is 18.8 Å². The van der Waals surface area contributed by atoms with Crippen LogP contribution in [0.1, 0.15) is 18.5 Å². The Hall–Kier alpha value is -3.86. The summed E-state index contributed by atoms with van der Waals surface area (Å²) in [5.41, 5.74) is 0.640. The summed E-state index contributed by atoms with van der Waals surface area (Å²) in [4.78, 5) is 29.9. The molecular formula is C20H19ClN8O3. The summed E-state index contributed by atoms with van der Waals surface area (Å²) in [6, 6.07) is 7.40. The van der Waals surface area contributed by atoms with E-state index in [4.69, 9.17) is 16.3 Å². The number of aromatic nitrogens is 6. The van der Waals surface area contributed by atoms with Crippen molar-refractivity contribution in [3.05, 3.63) is 62.5 Å². The quantitative estimate of drug-likeness (QED) is 0.299. The van der Waals surface area contributed by atoms with Crippen LogP contribution in [0.2, 0.25) is 5.02 Å². The number of H-pyrrole nitrogens is 2. The fourth-order valence-electron chi connectivity index (χ4n) is 3.05. The Morgan fingerprint density at radius 2 is 2.22 bits per heavy atom. The molecule has 0 spiro atoms. The van der Waals surface area contributed by atoms with Gasteiger partial charge in [0.1, 0.15) is 18.1 Å². The zero-order valence-electron chi connectivity index (χ0n) is 16.7. The Labute approximate surface area is 185 Å². The van der Waals surface area contributed by atoms with Gasteiger partial charge in [-0.25, -0.2) is 9.79 Å². The van der Waals surface area contributed by atoms with Crippen molar-refractivity contribution in [3.63, 3.8) is 0 Å². The van der Waals surface area contributed by atoms with Gasteiger partial charge in [0.15, 0.2) is 5.65 Å². The summed E-state index contributed by atoms with van der Waals surface area (Å²) in [6.45, 7) is 0.825. The van der Waals surface area contributed by atoms with E-state index in [1.54, 1.807) is 28.9 Å². The number of ether oxygens (including phenoxy) is 1. The molecule has 0 bridgehead atoms. The van der Waals surface area contributed by atoms with Crippen molar-refractivity contribution in [2.24, 2.45) is 4.99 Å². The molecule has 1 aliphatic rings. The van der Waals surface area contributed by atoms with Crippen LogP contribution in [0.4, 0.5) is 5.95 Å². The molecule has 164 valence electrons. The van der Waals surface area contributed by atoms with E-state index in [9.17, 15) is 9.90 Å². The van der Waals surface area contributed by atoms with Crippen molar-refractivity contribution in [2.75, 3.05) is 18.5 Å². The van der Waals surface area contributed by atoms with Gasteiger partial charge >= 0.3 is 5.69 Å². The Bertz CT molecular complexity index is 1450. The molecule has 1 aromatic carbocycles. The van der Waals surface area contributed by atoms with Gasteiger partial charge in [-0.15, -0.1) is 0 Å². The molecule has 0 saturated heterocycles. The first-order valence-corrected chi connectivity index (χ1v) is 10.4. The lowest BCUT2D eigenvalue weighted by atomic mass is 10.3. The molecule has 0 amide bonds. The Morgan fingerprint density at radius 3 is 2.97 bits per heavy atom. The molecule has 5 rings (SSSR count). The molecule has 0 radical (unpaired) electrons. The van der Waals surface area contributed by atoms with Crippen molar-refractivity contribution in [1.29, 1.82) is 0 Å². The number of nitrogens with one attached hydrogen (secondary N) is 3. The first kappa shape index (κ1) is 20.1. The Balaban J connectivity index is 1.43. The Morgan fingerprint density at radius 1 is 1.34 bits per heavy atom. The third-order valence-electron chi connectivity index (χ3n) is 4.71. The van der Waals surface area contributed by atoms with Gasteiger partial charge in [-0.05, 0) is 37.1 Å². The smallest absolute Gasteiger partial charge is 0.326 e. The van der Waals surface area contributed by atoms with Crippen LogP contribution in [-0.4, -0.2) is 53.9 Å². The monoisotopic (exact) mass is 454 g/mol. The summed E-state index contributed by atoms with van der Waals surface area (Å²) in [7, 11) is 0. The summed E-state index contributed by atoms with van der Waals surface area (Å²) in [5, 5.41) is 18.5. The maximum atomic E-state index is 11.4. The molecule has 4 N–H and O–H groups in total. The SMILES string of the molecule is O=c1[nH]c(O)c(/C=c2\cnn3c(=NC4CC4)nc(NCCOc4cccc(Cl)c4)nc23)[nH]1. The van der Waals surface area contributed by atoms with Crippen LogP contribution >= 0.6 is 11.6 Å². The fraction of sp³-hybridized carbons (Fsp3) is 0.250. The highest BCUT2D eigenvalue weighted by atomic mass is 35.5. The maximum Gasteiger partial charge on any atom is 0.326 e. The largest absolute Gasteiger partial charge is 0.493 e. The second-order valence-electron chi connectivity index (χ2n) is 7.26. The topological polar surface area (TPSA) is 146 Å². The number of hydrogen-bond acceptors (Lipinski definition) is 8. The third kappa shape index (κ3) is 4.42. The average molecular weight is 455 g/mol. The highest BCUT2D eigenvalue weighted by Crippen LogP contribution is 2.22. The zero-order chi connectivity index (χ0) is 22.1. The van der Waals surface area contributed by atoms with Crippen LogP contribution in [0.3, 0.4) is 0 Å². The lowest BCUT2D eigenvalue weighted by Crippen LogP contribution is -2.25.